The highest BCUT2D eigenvalue weighted by molar-refractivity contribution is 5.93. The maximum Gasteiger partial charge on any atom is 0.323 e. The first kappa shape index (κ1) is 13.1. The molecule has 0 aliphatic rings. The van der Waals surface area contributed by atoms with Gasteiger partial charge < -0.3 is 25.6 Å². The van der Waals surface area contributed by atoms with Crippen molar-refractivity contribution in [1.82, 2.24) is 9.88 Å². The lowest BCUT2D eigenvalue weighted by molar-refractivity contribution is -0.391. The highest BCUT2D eigenvalue weighted by Gasteiger charge is 2.22. The second-order valence-corrected chi connectivity index (χ2v) is 3.43. The lowest BCUT2D eigenvalue weighted by Crippen LogP contribution is -2.40. The minimum Gasteiger partial charge on any atom is -0.394 e. The SMILES string of the molecule is Cn1c(C(=O)NC(CO)CO)ccc1[N+](=O)[O-]. The molecule has 0 bridgehead atoms. The third-order valence-corrected chi connectivity index (χ3v) is 2.29. The first-order chi connectivity index (χ1) is 8.01. The van der Waals surface area contributed by atoms with Crippen molar-refractivity contribution in [3.05, 3.63) is 27.9 Å². The molecule has 0 aromatic carbocycles. The van der Waals surface area contributed by atoms with E-state index in [2.05, 4.69) is 5.32 Å². The van der Waals surface area contributed by atoms with Gasteiger partial charge in [-0.2, -0.15) is 0 Å². The summed E-state index contributed by atoms with van der Waals surface area (Å²) in [5, 5.41) is 30.5. The van der Waals surface area contributed by atoms with Crippen LogP contribution in [-0.2, 0) is 7.05 Å². The topological polar surface area (TPSA) is 118 Å². The summed E-state index contributed by atoms with van der Waals surface area (Å²) in [5.74, 6) is -0.798. The molecule has 0 atom stereocenters. The van der Waals surface area contributed by atoms with E-state index >= 15 is 0 Å². The van der Waals surface area contributed by atoms with Crippen molar-refractivity contribution >= 4 is 11.7 Å². The molecule has 0 radical (unpaired) electrons. The number of aromatic nitrogens is 1. The van der Waals surface area contributed by atoms with E-state index in [1.165, 1.54) is 19.2 Å². The number of nitro groups is 1. The fourth-order valence-electron chi connectivity index (χ4n) is 1.32. The molecule has 0 unspecified atom stereocenters. The van der Waals surface area contributed by atoms with Gasteiger partial charge in [0.1, 0.15) is 0 Å². The molecule has 1 aromatic rings. The average molecular weight is 243 g/mol. The zero-order valence-electron chi connectivity index (χ0n) is 9.16. The van der Waals surface area contributed by atoms with Gasteiger partial charge in [0, 0.05) is 6.07 Å². The fraction of sp³-hybridized carbons (Fsp3) is 0.444. The Morgan fingerprint density at radius 1 is 1.53 bits per heavy atom. The molecule has 0 aliphatic carbocycles. The molecule has 0 aliphatic heterocycles. The van der Waals surface area contributed by atoms with Crippen molar-refractivity contribution in [2.75, 3.05) is 13.2 Å². The molecule has 0 spiro atoms. The molecule has 17 heavy (non-hydrogen) atoms. The van der Waals surface area contributed by atoms with Crippen LogP contribution in [0.1, 0.15) is 10.5 Å². The van der Waals surface area contributed by atoms with Gasteiger partial charge in [0.15, 0.2) is 5.69 Å². The largest absolute Gasteiger partial charge is 0.394 e. The third kappa shape index (κ3) is 2.80. The number of nitrogens with zero attached hydrogens (tertiary/aromatic N) is 2. The van der Waals surface area contributed by atoms with Crippen molar-refractivity contribution in [3.8, 4) is 0 Å². The molecule has 1 rings (SSSR count). The Morgan fingerprint density at radius 2 is 2.12 bits per heavy atom. The number of amides is 1. The summed E-state index contributed by atoms with van der Waals surface area (Å²) < 4.78 is 1.13. The van der Waals surface area contributed by atoms with Crippen LogP contribution in [0.2, 0.25) is 0 Å². The maximum atomic E-state index is 11.7. The van der Waals surface area contributed by atoms with Gasteiger partial charge in [-0.15, -0.1) is 0 Å². The second-order valence-electron chi connectivity index (χ2n) is 3.43. The number of hydrogen-bond donors (Lipinski definition) is 3. The van der Waals surface area contributed by atoms with Crippen molar-refractivity contribution in [2.24, 2.45) is 7.05 Å². The highest BCUT2D eigenvalue weighted by atomic mass is 16.6. The smallest absolute Gasteiger partial charge is 0.323 e. The summed E-state index contributed by atoms with van der Waals surface area (Å²) in [7, 11) is 1.39. The molecular formula is C9H13N3O5. The number of aliphatic hydroxyl groups is 2. The molecule has 1 amide bonds. The zero-order valence-corrected chi connectivity index (χ0v) is 9.16. The summed E-state index contributed by atoms with van der Waals surface area (Å²) in [6, 6.07) is 1.73. The van der Waals surface area contributed by atoms with Crippen LogP contribution >= 0.6 is 0 Å². The van der Waals surface area contributed by atoms with E-state index in [9.17, 15) is 14.9 Å². The van der Waals surface area contributed by atoms with Crippen LogP contribution in [0, 0.1) is 10.1 Å². The Bertz CT molecular complexity index is 424. The minimum atomic E-state index is -0.781. The molecule has 0 saturated carbocycles. The van der Waals surface area contributed by atoms with Crippen LogP contribution in [0.5, 0.6) is 0 Å². The normalized spacial score (nSPS) is 10.6. The second kappa shape index (κ2) is 5.41. The molecular weight excluding hydrogens is 230 g/mol. The van der Waals surface area contributed by atoms with Crippen molar-refractivity contribution in [1.29, 1.82) is 0 Å². The van der Waals surface area contributed by atoms with Crippen molar-refractivity contribution in [2.45, 2.75) is 6.04 Å². The van der Waals surface area contributed by atoms with E-state index in [0.717, 1.165) is 4.57 Å². The van der Waals surface area contributed by atoms with Gasteiger partial charge in [-0.25, -0.2) is 4.57 Å². The molecule has 0 fully saturated rings. The predicted molar refractivity (Wildman–Crippen MR) is 57.5 cm³/mol. The quantitative estimate of drug-likeness (QED) is 0.453. The lowest BCUT2D eigenvalue weighted by atomic mass is 10.3. The van der Waals surface area contributed by atoms with E-state index in [-0.39, 0.29) is 11.5 Å². The third-order valence-electron chi connectivity index (χ3n) is 2.29. The van der Waals surface area contributed by atoms with Crippen LogP contribution in [0.4, 0.5) is 5.82 Å². The highest BCUT2D eigenvalue weighted by Crippen LogP contribution is 2.14. The van der Waals surface area contributed by atoms with Crippen LogP contribution in [0.25, 0.3) is 0 Å². The minimum absolute atomic E-state index is 0.0867. The zero-order chi connectivity index (χ0) is 13.0. The van der Waals surface area contributed by atoms with Gasteiger partial charge >= 0.3 is 5.82 Å². The van der Waals surface area contributed by atoms with E-state index in [1.807, 2.05) is 0 Å². The maximum absolute atomic E-state index is 11.7. The van der Waals surface area contributed by atoms with Crippen molar-refractivity contribution < 1.29 is 19.9 Å². The Hall–Kier alpha value is -1.93. The Kier molecular flexibility index (Phi) is 4.18. The summed E-state index contributed by atoms with van der Waals surface area (Å²) >= 11 is 0. The molecule has 8 nitrogen and oxygen atoms in total. The summed E-state index contributed by atoms with van der Waals surface area (Å²) in [6.07, 6.45) is 0. The van der Waals surface area contributed by atoms with Gasteiger partial charge in [-0.05, 0) is 11.0 Å². The fourth-order valence-corrected chi connectivity index (χ4v) is 1.32. The number of rotatable bonds is 5. The molecule has 94 valence electrons. The lowest BCUT2D eigenvalue weighted by Gasteiger charge is -2.12. The number of aliphatic hydroxyl groups excluding tert-OH is 2. The molecule has 0 saturated heterocycles. The van der Waals surface area contributed by atoms with Crippen LogP contribution < -0.4 is 5.32 Å². The van der Waals surface area contributed by atoms with E-state index < -0.39 is 30.1 Å². The molecule has 8 heteroatoms. The molecule has 1 heterocycles. The first-order valence-corrected chi connectivity index (χ1v) is 4.84. The van der Waals surface area contributed by atoms with Gasteiger partial charge in [0.25, 0.3) is 5.91 Å². The van der Waals surface area contributed by atoms with Crippen LogP contribution in [0.15, 0.2) is 12.1 Å². The van der Waals surface area contributed by atoms with E-state index in [4.69, 9.17) is 10.2 Å². The number of hydrogen-bond acceptors (Lipinski definition) is 5. The molecule has 3 N–H and O–H groups in total. The van der Waals surface area contributed by atoms with Crippen molar-refractivity contribution in [3.63, 3.8) is 0 Å². The first-order valence-electron chi connectivity index (χ1n) is 4.84. The number of carbonyl (C=O) groups is 1. The van der Waals surface area contributed by atoms with E-state index in [1.54, 1.807) is 0 Å². The summed E-state index contributed by atoms with van der Waals surface area (Å²) in [4.78, 5) is 21.6. The number of nitrogens with one attached hydrogen (secondary N) is 1. The summed E-state index contributed by atoms with van der Waals surface area (Å²) in [5.41, 5.74) is 0.0867. The predicted octanol–water partition coefficient (Wildman–Crippen LogP) is -0.984. The summed E-state index contributed by atoms with van der Waals surface area (Å²) in [6.45, 7) is -0.816. The van der Waals surface area contributed by atoms with Crippen LogP contribution in [-0.4, -0.2) is 44.9 Å². The Labute approximate surface area is 96.6 Å². The Balaban J connectivity index is 2.86. The standard InChI is InChI=1S/C9H13N3O5/c1-11-7(2-3-8(11)12(16)17)9(15)10-6(4-13)5-14/h2-3,6,13-14H,4-5H2,1H3,(H,10,15). The van der Waals surface area contributed by atoms with Gasteiger partial charge in [0.05, 0.1) is 26.3 Å². The monoisotopic (exact) mass is 243 g/mol. The van der Waals surface area contributed by atoms with Gasteiger partial charge in [-0.3, -0.25) is 4.79 Å². The average Bonchev–Trinajstić information content (AvgIpc) is 2.67. The molecule has 1 aromatic heterocycles. The van der Waals surface area contributed by atoms with E-state index in [0.29, 0.717) is 0 Å². The van der Waals surface area contributed by atoms with Gasteiger partial charge in [-0.1, -0.05) is 0 Å². The van der Waals surface area contributed by atoms with Gasteiger partial charge in [0.2, 0.25) is 0 Å². The Morgan fingerprint density at radius 3 is 2.53 bits per heavy atom. The van der Waals surface area contributed by atoms with Crippen LogP contribution in [0.3, 0.4) is 0 Å². The number of carbonyl (C=O) groups excluding carboxylic acids is 1.